The summed E-state index contributed by atoms with van der Waals surface area (Å²) in [5.41, 5.74) is 0.493. The average molecular weight is 493 g/mol. The minimum Gasteiger partial charge on any atom is -0.495 e. The number of nitrogens with one attached hydrogen (secondary N) is 1. The van der Waals surface area contributed by atoms with E-state index in [1.165, 1.54) is 31.2 Å². The summed E-state index contributed by atoms with van der Waals surface area (Å²) in [5, 5.41) is 3.41. The van der Waals surface area contributed by atoms with Crippen LogP contribution in [0, 0.1) is 6.92 Å². The molecule has 1 N–H and O–H groups in total. The normalized spacial score (nSPS) is 10.8. The molecule has 176 valence electrons. The summed E-state index contributed by atoms with van der Waals surface area (Å²) in [6, 6.07) is 3.10. The molecule has 0 fully saturated rings. The highest BCUT2D eigenvalue weighted by molar-refractivity contribution is 7.20. The minimum absolute atomic E-state index is 0.109. The van der Waals surface area contributed by atoms with Crippen LogP contribution in [0.5, 0.6) is 11.5 Å². The molecule has 0 saturated heterocycles. The van der Waals surface area contributed by atoms with Gasteiger partial charge in [0.05, 0.1) is 41.5 Å². The quantitative estimate of drug-likeness (QED) is 0.515. The van der Waals surface area contributed by atoms with Gasteiger partial charge in [-0.2, -0.15) is 0 Å². The minimum atomic E-state index is -0.430. The van der Waals surface area contributed by atoms with E-state index in [2.05, 4.69) is 10.3 Å². The molecule has 0 aliphatic carbocycles. The van der Waals surface area contributed by atoms with Crippen molar-refractivity contribution >= 4 is 50.7 Å². The number of methoxy groups -OCH3 is 2. The molecule has 0 aliphatic heterocycles. The summed E-state index contributed by atoms with van der Waals surface area (Å²) in [5.74, 6) is 0.185. The first-order chi connectivity index (χ1) is 15.7. The Kier molecular flexibility index (Phi) is 7.60. The van der Waals surface area contributed by atoms with Crippen molar-refractivity contribution < 1.29 is 19.1 Å². The van der Waals surface area contributed by atoms with E-state index >= 15 is 0 Å². The van der Waals surface area contributed by atoms with Gasteiger partial charge in [0.2, 0.25) is 5.91 Å². The molecule has 2 amide bonds. The fourth-order valence-electron chi connectivity index (χ4n) is 3.45. The van der Waals surface area contributed by atoms with Crippen molar-refractivity contribution in [3.8, 4) is 11.5 Å². The van der Waals surface area contributed by atoms with Gasteiger partial charge in [-0.3, -0.25) is 19.0 Å². The number of likely N-dealkylation sites (N-methyl/N-ethyl adjacent to an activating group) is 1. The van der Waals surface area contributed by atoms with Crippen LogP contribution in [0.4, 0.5) is 5.69 Å². The van der Waals surface area contributed by atoms with E-state index in [0.717, 1.165) is 11.3 Å². The first-order valence-electron chi connectivity index (χ1n) is 10.2. The Hall–Kier alpha value is -3.11. The summed E-state index contributed by atoms with van der Waals surface area (Å²) >= 11 is 7.30. The molecule has 2 heterocycles. The fraction of sp³-hybridized carbons (Fsp3) is 0.364. The van der Waals surface area contributed by atoms with Crippen LogP contribution in [0.3, 0.4) is 0 Å². The number of nitrogens with zero attached hydrogens (tertiary/aromatic N) is 3. The molecule has 0 aliphatic rings. The van der Waals surface area contributed by atoms with Crippen LogP contribution in [-0.2, 0) is 11.3 Å². The van der Waals surface area contributed by atoms with E-state index in [1.807, 2.05) is 13.8 Å². The van der Waals surface area contributed by atoms with Gasteiger partial charge in [0.15, 0.2) is 0 Å². The number of amides is 2. The molecule has 9 nitrogen and oxygen atoms in total. The highest BCUT2D eigenvalue weighted by Gasteiger charge is 2.22. The second-order valence-electron chi connectivity index (χ2n) is 7.12. The number of ether oxygens (including phenoxy) is 2. The molecule has 0 spiro atoms. The van der Waals surface area contributed by atoms with E-state index < -0.39 is 5.91 Å². The van der Waals surface area contributed by atoms with Crippen LogP contribution in [0.25, 0.3) is 10.2 Å². The topological polar surface area (TPSA) is 103 Å². The maximum absolute atomic E-state index is 13.1. The average Bonchev–Trinajstić information content (AvgIpc) is 3.14. The van der Waals surface area contributed by atoms with Crippen LogP contribution in [0.1, 0.15) is 29.1 Å². The van der Waals surface area contributed by atoms with E-state index in [0.29, 0.717) is 56.0 Å². The third-order valence-corrected chi connectivity index (χ3v) is 6.76. The zero-order valence-electron chi connectivity index (χ0n) is 19.0. The molecular weight excluding hydrogens is 468 g/mol. The third kappa shape index (κ3) is 4.81. The molecule has 11 heteroatoms. The Labute approximate surface area is 199 Å². The van der Waals surface area contributed by atoms with Crippen LogP contribution in [-0.4, -0.2) is 53.6 Å². The number of halogens is 1. The van der Waals surface area contributed by atoms with Gasteiger partial charge in [-0.1, -0.05) is 11.6 Å². The fourth-order valence-corrected chi connectivity index (χ4v) is 4.72. The molecule has 1 aromatic carbocycles. The van der Waals surface area contributed by atoms with Gasteiger partial charge in [0.25, 0.3) is 11.5 Å². The smallest absolute Gasteiger partial charge is 0.266 e. The van der Waals surface area contributed by atoms with E-state index in [9.17, 15) is 14.4 Å². The Balaban J connectivity index is 1.95. The second-order valence-corrected chi connectivity index (χ2v) is 8.53. The van der Waals surface area contributed by atoms with Crippen LogP contribution >= 0.6 is 22.9 Å². The molecule has 0 atom stereocenters. The Morgan fingerprint density at radius 3 is 2.45 bits per heavy atom. The predicted molar refractivity (Wildman–Crippen MR) is 129 cm³/mol. The number of carbonyl (C=O) groups excluding carboxylic acids is 2. The van der Waals surface area contributed by atoms with Gasteiger partial charge in [0.1, 0.15) is 22.9 Å². The SMILES string of the molecule is CCN(CC)C(=O)Cn1cnc2sc(C(=O)Nc3cc(Cl)c(OC)cc3OC)c(C)c2c1=O. The number of rotatable bonds is 8. The Morgan fingerprint density at radius 2 is 1.85 bits per heavy atom. The number of anilines is 1. The lowest BCUT2D eigenvalue weighted by Gasteiger charge is -2.18. The molecule has 0 bridgehead atoms. The second kappa shape index (κ2) is 10.2. The van der Waals surface area contributed by atoms with Crippen LogP contribution in [0.15, 0.2) is 23.3 Å². The number of thiophene rings is 1. The Bertz CT molecular complexity index is 1270. The first-order valence-corrected chi connectivity index (χ1v) is 11.4. The van der Waals surface area contributed by atoms with Gasteiger partial charge in [0, 0.05) is 19.2 Å². The zero-order chi connectivity index (χ0) is 24.3. The summed E-state index contributed by atoms with van der Waals surface area (Å²) in [4.78, 5) is 45.3. The van der Waals surface area contributed by atoms with Crippen molar-refractivity contribution in [3.05, 3.63) is 44.3 Å². The summed E-state index contributed by atoms with van der Waals surface area (Å²) in [6.45, 7) is 6.45. The molecular formula is C22H25ClN4O5S. The predicted octanol–water partition coefficient (Wildman–Crippen LogP) is 3.56. The van der Waals surface area contributed by atoms with E-state index in [4.69, 9.17) is 21.1 Å². The van der Waals surface area contributed by atoms with Crippen molar-refractivity contribution in [1.82, 2.24) is 14.5 Å². The number of carbonyl (C=O) groups is 2. The molecule has 3 aromatic rings. The lowest BCUT2D eigenvalue weighted by molar-refractivity contribution is -0.131. The van der Waals surface area contributed by atoms with Crippen molar-refractivity contribution in [3.63, 3.8) is 0 Å². The molecule has 0 saturated carbocycles. The van der Waals surface area contributed by atoms with Crippen molar-refractivity contribution in [1.29, 1.82) is 0 Å². The van der Waals surface area contributed by atoms with Crippen molar-refractivity contribution in [2.75, 3.05) is 32.6 Å². The van der Waals surface area contributed by atoms with Crippen LogP contribution in [0.2, 0.25) is 5.02 Å². The highest BCUT2D eigenvalue weighted by atomic mass is 35.5. The zero-order valence-corrected chi connectivity index (χ0v) is 20.6. The van der Waals surface area contributed by atoms with Gasteiger partial charge >= 0.3 is 0 Å². The lowest BCUT2D eigenvalue weighted by atomic mass is 10.2. The highest BCUT2D eigenvalue weighted by Crippen LogP contribution is 2.37. The first kappa shape index (κ1) is 24.5. The third-order valence-electron chi connectivity index (χ3n) is 5.27. The van der Waals surface area contributed by atoms with Gasteiger partial charge in [-0.05, 0) is 32.4 Å². The number of aromatic nitrogens is 2. The maximum Gasteiger partial charge on any atom is 0.266 e. The molecule has 33 heavy (non-hydrogen) atoms. The monoisotopic (exact) mass is 492 g/mol. The largest absolute Gasteiger partial charge is 0.495 e. The van der Waals surface area contributed by atoms with Crippen molar-refractivity contribution in [2.24, 2.45) is 0 Å². The Morgan fingerprint density at radius 1 is 1.18 bits per heavy atom. The van der Waals surface area contributed by atoms with E-state index in [-0.39, 0.29) is 18.0 Å². The number of aryl methyl sites for hydroxylation is 1. The number of benzene rings is 1. The number of hydrogen-bond donors (Lipinski definition) is 1. The number of hydrogen-bond acceptors (Lipinski definition) is 7. The summed E-state index contributed by atoms with van der Waals surface area (Å²) in [7, 11) is 2.95. The molecule has 2 aromatic heterocycles. The van der Waals surface area contributed by atoms with Gasteiger partial charge < -0.3 is 19.7 Å². The van der Waals surface area contributed by atoms with Gasteiger partial charge in [-0.25, -0.2) is 4.98 Å². The number of fused-ring (bicyclic) bond motifs is 1. The van der Waals surface area contributed by atoms with E-state index in [1.54, 1.807) is 17.9 Å². The molecule has 0 unspecified atom stereocenters. The summed E-state index contributed by atoms with van der Waals surface area (Å²) in [6.07, 6.45) is 1.34. The van der Waals surface area contributed by atoms with Crippen molar-refractivity contribution in [2.45, 2.75) is 27.3 Å². The standard InChI is InChI=1S/C22H25ClN4O5S/c1-6-26(7-2)17(28)10-27-11-24-21-18(22(27)30)12(3)19(33-21)20(29)25-14-8-13(23)15(31-4)9-16(14)32-5/h8-9,11H,6-7,10H2,1-5H3,(H,25,29). The molecule has 3 rings (SSSR count). The van der Waals surface area contributed by atoms with Gasteiger partial charge in [-0.15, -0.1) is 11.3 Å². The molecule has 0 radical (unpaired) electrons. The summed E-state index contributed by atoms with van der Waals surface area (Å²) < 4.78 is 11.8. The lowest BCUT2D eigenvalue weighted by Crippen LogP contribution is -2.36. The maximum atomic E-state index is 13.1. The van der Waals surface area contributed by atoms with Crippen LogP contribution < -0.4 is 20.3 Å².